The molecule has 5 nitrogen and oxygen atoms in total. The maximum Gasteiger partial charge on any atom is 0.317 e. The molecule has 0 saturated carbocycles. The van der Waals surface area contributed by atoms with Crippen LogP contribution in [0.4, 0.5) is 5.69 Å². The minimum Gasteiger partial charge on any atom is -0.466 e. The lowest BCUT2D eigenvalue weighted by atomic mass is 9.79. The molecule has 1 saturated heterocycles. The lowest BCUT2D eigenvalue weighted by Crippen LogP contribution is -2.71. The fourth-order valence-corrected chi connectivity index (χ4v) is 4.58. The highest BCUT2D eigenvalue weighted by molar-refractivity contribution is 9.10. The van der Waals surface area contributed by atoms with Gasteiger partial charge in [0.25, 0.3) is 0 Å². The number of rotatable bonds is 3. The molecule has 2 heterocycles. The van der Waals surface area contributed by atoms with E-state index in [9.17, 15) is 4.79 Å². The van der Waals surface area contributed by atoms with Crippen molar-refractivity contribution >= 4 is 44.9 Å². The molecule has 0 spiro atoms. The van der Waals surface area contributed by atoms with Crippen molar-refractivity contribution in [1.29, 1.82) is 0 Å². The SMILES string of the molecule is CCOC(=O)C1C2NC(=S)N(c3ccc(Br)cc3)C1(C)Oc1ccccc12. The average molecular weight is 447 g/mol. The van der Waals surface area contributed by atoms with Gasteiger partial charge >= 0.3 is 5.97 Å². The van der Waals surface area contributed by atoms with Gasteiger partial charge in [0.05, 0.1) is 12.6 Å². The van der Waals surface area contributed by atoms with Crippen molar-refractivity contribution in [3.05, 3.63) is 58.6 Å². The number of esters is 1. The predicted molar refractivity (Wildman–Crippen MR) is 111 cm³/mol. The summed E-state index contributed by atoms with van der Waals surface area (Å²) < 4.78 is 12.8. The fourth-order valence-electron chi connectivity index (χ4n) is 3.90. The van der Waals surface area contributed by atoms with Crippen LogP contribution in [0.5, 0.6) is 5.75 Å². The molecule has 4 rings (SSSR count). The smallest absolute Gasteiger partial charge is 0.317 e. The molecule has 3 unspecified atom stereocenters. The molecule has 0 aromatic heterocycles. The van der Waals surface area contributed by atoms with Crippen LogP contribution in [-0.4, -0.2) is 23.4 Å². The number of halogens is 1. The summed E-state index contributed by atoms with van der Waals surface area (Å²) in [7, 11) is 0. The number of hydrogen-bond acceptors (Lipinski definition) is 4. The number of carbonyl (C=O) groups is 1. The Morgan fingerprint density at radius 2 is 2.00 bits per heavy atom. The molecular formula is C20H19BrN2O3S. The van der Waals surface area contributed by atoms with Crippen LogP contribution in [0.2, 0.25) is 0 Å². The van der Waals surface area contributed by atoms with E-state index >= 15 is 0 Å². The molecular weight excluding hydrogens is 428 g/mol. The molecule has 2 bridgehead atoms. The topological polar surface area (TPSA) is 50.8 Å². The molecule has 0 amide bonds. The van der Waals surface area contributed by atoms with Crippen LogP contribution in [-0.2, 0) is 9.53 Å². The van der Waals surface area contributed by atoms with Crippen LogP contribution in [0, 0.1) is 5.92 Å². The molecule has 2 aliphatic heterocycles. The highest BCUT2D eigenvalue weighted by atomic mass is 79.9. The van der Waals surface area contributed by atoms with Crippen LogP contribution >= 0.6 is 28.1 Å². The third-order valence-corrected chi connectivity index (χ3v) is 5.86. The van der Waals surface area contributed by atoms with Crippen LogP contribution in [0.1, 0.15) is 25.5 Å². The van der Waals surface area contributed by atoms with Gasteiger partial charge in [-0.3, -0.25) is 9.69 Å². The van der Waals surface area contributed by atoms with E-state index in [0.29, 0.717) is 11.7 Å². The Morgan fingerprint density at radius 1 is 1.30 bits per heavy atom. The summed E-state index contributed by atoms with van der Waals surface area (Å²) in [6.45, 7) is 4.01. The van der Waals surface area contributed by atoms with Gasteiger partial charge in [0, 0.05) is 15.7 Å². The van der Waals surface area contributed by atoms with E-state index in [1.165, 1.54) is 0 Å². The highest BCUT2D eigenvalue weighted by Gasteiger charge is 2.59. The van der Waals surface area contributed by atoms with Gasteiger partial charge in [-0.1, -0.05) is 34.1 Å². The third-order valence-electron chi connectivity index (χ3n) is 5.03. The number of ether oxygens (including phenoxy) is 2. The Labute approximate surface area is 171 Å². The number of nitrogens with one attached hydrogen (secondary N) is 1. The number of anilines is 1. The second-order valence-corrected chi connectivity index (χ2v) is 7.97. The van der Waals surface area contributed by atoms with E-state index < -0.39 is 11.6 Å². The summed E-state index contributed by atoms with van der Waals surface area (Å²) in [5.41, 5.74) is 0.734. The summed E-state index contributed by atoms with van der Waals surface area (Å²) in [5.74, 6) is -0.151. The van der Waals surface area contributed by atoms with Crippen molar-refractivity contribution < 1.29 is 14.3 Å². The second kappa shape index (κ2) is 6.80. The molecule has 2 aromatic carbocycles. The van der Waals surface area contributed by atoms with Crippen LogP contribution in [0.15, 0.2) is 53.0 Å². The monoisotopic (exact) mass is 446 g/mol. The zero-order valence-electron chi connectivity index (χ0n) is 14.9. The molecule has 7 heteroatoms. The Bertz CT molecular complexity index is 904. The molecule has 3 atom stereocenters. The largest absolute Gasteiger partial charge is 0.466 e. The molecule has 0 radical (unpaired) electrons. The van der Waals surface area contributed by atoms with E-state index in [2.05, 4.69) is 21.2 Å². The van der Waals surface area contributed by atoms with Gasteiger partial charge in [-0.25, -0.2) is 0 Å². The van der Waals surface area contributed by atoms with Crippen molar-refractivity contribution in [2.75, 3.05) is 11.5 Å². The lowest BCUT2D eigenvalue weighted by Gasteiger charge is -2.55. The maximum absolute atomic E-state index is 12.9. The van der Waals surface area contributed by atoms with Gasteiger partial charge in [-0.2, -0.15) is 0 Å². The van der Waals surface area contributed by atoms with Gasteiger partial charge in [0.15, 0.2) is 5.11 Å². The maximum atomic E-state index is 12.9. The highest BCUT2D eigenvalue weighted by Crippen LogP contribution is 2.49. The molecule has 2 aliphatic rings. The zero-order valence-corrected chi connectivity index (χ0v) is 17.3. The Kier molecular flexibility index (Phi) is 4.60. The summed E-state index contributed by atoms with van der Waals surface area (Å²) in [6, 6.07) is 15.2. The summed E-state index contributed by atoms with van der Waals surface area (Å²) >= 11 is 9.13. The Hall–Kier alpha value is -2.12. The van der Waals surface area contributed by atoms with E-state index in [1.54, 1.807) is 6.92 Å². The normalized spacial score (nSPS) is 25.9. The summed E-state index contributed by atoms with van der Waals surface area (Å²) in [6.07, 6.45) is 0. The number of carbonyl (C=O) groups excluding carboxylic acids is 1. The van der Waals surface area contributed by atoms with Gasteiger partial charge in [0.1, 0.15) is 11.7 Å². The summed E-state index contributed by atoms with van der Waals surface area (Å²) in [4.78, 5) is 14.8. The van der Waals surface area contributed by atoms with Crippen LogP contribution in [0.25, 0.3) is 0 Å². The number of hydrogen-bond donors (Lipinski definition) is 1. The standard InChI is InChI=1S/C20H19BrN2O3S/c1-3-25-18(24)16-17-14-6-4-5-7-15(14)26-20(16,2)23(19(27)22-17)13-10-8-12(21)9-11-13/h4-11,16-17H,3H2,1-2H3,(H,22,27). The lowest BCUT2D eigenvalue weighted by molar-refractivity contribution is -0.159. The number of fused-ring (bicyclic) bond motifs is 4. The molecule has 140 valence electrons. The molecule has 1 fully saturated rings. The van der Waals surface area contributed by atoms with Crippen molar-refractivity contribution in [2.24, 2.45) is 5.92 Å². The molecule has 27 heavy (non-hydrogen) atoms. The first-order valence-electron chi connectivity index (χ1n) is 8.76. The van der Waals surface area contributed by atoms with E-state index in [1.807, 2.05) is 60.4 Å². The first-order valence-corrected chi connectivity index (χ1v) is 9.96. The van der Waals surface area contributed by atoms with Gasteiger partial charge in [-0.15, -0.1) is 0 Å². The summed E-state index contributed by atoms with van der Waals surface area (Å²) in [5, 5.41) is 3.86. The number of nitrogens with zero attached hydrogens (tertiary/aromatic N) is 1. The van der Waals surface area contributed by atoms with Gasteiger partial charge in [0.2, 0.25) is 5.72 Å². The van der Waals surface area contributed by atoms with E-state index in [0.717, 1.165) is 21.5 Å². The van der Waals surface area contributed by atoms with Crippen molar-refractivity contribution in [1.82, 2.24) is 5.32 Å². The quantitative estimate of drug-likeness (QED) is 0.563. The Balaban J connectivity index is 1.88. The van der Waals surface area contributed by atoms with Crippen molar-refractivity contribution in [3.8, 4) is 5.75 Å². The van der Waals surface area contributed by atoms with E-state index in [4.69, 9.17) is 21.7 Å². The molecule has 2 aromatic rings. The Morgan fingerprint density at radius 3 is 2.70 bits per heavy atom. The van der Waals surface area contributed by atoms with Crippen molar-refractivity contribution in [2.45, 2.75) is 25.6 Å². The average Bonchev–Trinajstić information content (AvgIpc) is 2.62. The first-order chi connectivity index (χ1) is 13.0. The minimum atomic E-state index is -1.01. The number of thiocarbonyl (C=S) groups is 1. The van der Waals surface area contributed by atoms with Gasteiger partial charge < -0.3 is 14.8 Å². The predicted octanol–water partition coefficient (Wildman–Crippen LogP) is 4.17. The minimum absolute atomic E-state index is 0.307. The zero-order chi connectivity index (χ0) is 19.2. The number of para-hydroxylation sites is 1. The van der Waals surface area contributed by atoms with Gasteiger partial charge in [-0.05, 0) is 56.4 Å². The van der Waals surface area contributed by atoms with E-state index in [-0.39, 0.29) is 12.0 Å². The van der Waals surface area contributed by atoms with Crippen LogP contribution < -0.4 is 15.0 Å². The fraction of sp³-hybridized carbons (Fsp3) is 0.300. The second-order valence-electron chi connectivity index (χ2n) is 6.66. The number of benzene rings is 2. The third kappa shape index (κ3) is 2.89. The van der Waals surface area contributed by atoms with Crippen molar-refractivity contribution in [3.63, 3.8) is 0 Å². The van der Waals surface area contributed by atoms with Crippen LogP contribution in [0.3, 0.4) is 0 Å². The molecule has 1 N–H and O–H groups in total. The molecule has 0 aliphatic carbocycles. The first kappa shape index (κ1) is 18.3.